The molecular weight excluding hydrogens is 284 g/mol. The highest BCUT2D eigenvalue weighted by Crippen LogP contribution is 2.30. The van der Waals surface area contributed by atoms with Crippen LogP contribution >= 0.6 is 11.8 Å². The number of rotatable bonds is 8. The second kappa shape index (κ2) is 8.29. The summed E-state index contributed by atoms with van der Waals surface area (Å²) in [5.41, 5.74) is 6.28. The Morgan fingerprint density at radius 2 is 2.14 bits per heavy atom. The van der Waals surface area contributed by atoms with E-state index in [0.717, 1.165) is 11.8 Å². The van der Waals surface area contributed by atoms with Crippen LogP contribution < -0.4 is 15.8 Å². The molecule has 0 spiro atoms. The van der Waals surface area contributed by atoms with E-state index in [1.54, 1.807) is 0 Å². The average molecular weight is 308 g/mol. The van der Waals surface area contributed by atoms with Crippen molar-refractivity contribution >= 4 is 17.7 Å². The lowest BCUT2D eigenvalue weighted by atomic mass is 10.2. The number of amides is 1. The standard InChI is InChI=1S/C16H24N2O2S/c1-2-21-15-5-3-4-14(15)18-10-12-6-8-13(9-7-12)20-11-16(17)19/h6-9,14-15,18H,2-5,10-11H2,1H3,(H2,17,19). The summed E-state index contributed by atoms with van der Waals surface area (Å²) in [5, 5.41) is 4.42. The zero-order valence-electron chi connectivity index (χ0n) is 12.5. The highest BCUT2D eigenvalue weighted by molar-refractivity contribution is 7.99. The maximum absolute atomic E-state index is 10.7. The lowest BCUT2D eigenvalue weighted by Gasteiger charge is -2.20. The normalized spacial score (nSPS) is 21.4. The van der Waals surface area contributed by atoms with Gasteiger partial charge in [-0.1, -0.05) is 25.5 Å². The average Bonchev–Trinajstić information content (AvgIpc) is 2.92. The predicted molar refractivity (Wildman–Crippen MR) is 87.5 cm³/mol. The highest BCUT2D eigenvalue weighted by Gasteiger charge is 2.26. The van der Waals surface area contributed by atoms with E-state index in [9.17, 15) is 4.79 Å². The quantitative estimate of drug-likeness (QED) is 0.773. The smallest absolute Gasteiger partial charge is 0.255 e. The molecule has 0 heterocycles. The van der Waals surface area contributed by atoms with Crippen LogP contribution in [-0.2, 0) is 11.3 Å². The van der Waals surface area contributed by atoms with Crippen molar-refractivity contribution in [3.05, 3.63) is 29.8 Å². The number of hydrogen-bond donors (Lipinski definition) is 2. The second-order valence-electron chi connectivity index (χ2n) is 5.31. The van der Waals surface area contributed by atoms with Crippen LogP contribution in [0.5, 0.6) is 5.75 Å². The van der Waals surface area contributed by atoms with Gasteiger partial charge in [-0.3, -0.25) is 4.79 Å². The molecule has 5 heteroatoms. The summed E-state index contributed by atoms with van der Waals surface area (Å²) in [7, 11) is 0. The molecule has 0 aromatic heterocycles. The van der Waals surface area contributed by atoms with Crippen LogP contribution in [-0.4, -0.2) is 29.6 Å². The van der Waals surface area contributed by atoms with E-state index in [0.29, 0.717) is 11.8 Å². The summed E-state index contributed by atoms with van der Waals surface area (Å²) < 4.78 is 5.25. The van der Waals surface area contributed by atoms with Crippen molar-refractivity contribution in [2.24, 2.45) is 5.73 Å². The van der Waals surface area contributed by atoms with Crippen LogP contribution in [0.3, 0.4) is 0 Å². The van der Waals surface area contributed by atoms with Crippen LogP contribution in [0.15, 0.2) is 24.3 Å². The molecule has 1 aromatic carbocycles. The molecule has 1 aliphatic rings. The minimum absolute atomic E-state index is 0.0738. The molecule has 0 radical (unpaired) electrons. The Kier molecular flexibility index (Phi) is 6.39. The fraction of sp³-hybridized carbons (Fsp3) is 0.562. The summed E-state index contributed by atoms with van der Waals surface area (Å²) in [6.07, 6.45) is 3.93. The van der Waals surface area contributed by atoms with Crippen molar-refractivity contribution < 1.29 is 9.53 Å². The number of carbonyl (C=O) groups excluding carboxylic acids is 1. The Balaban J connectivity index is 1.79. The minimum Gasteiger partial charge on any atom is -0.484 e. The van der Waals surface area contributed by atoms with Gasteiger partial charge in [0.05, 0.1) is 0 Å². The van der Waals surface area contributed by atoms with Crippen molar-refractivity contribution in [2.45, 2.75) is 44.0 Å². The molecule has 2 rings (SSSR count). The van der Waals surface area contributed by atoms with Crippen molar-refractivity contribution in [2.75, 3.05) is 12.4 Å². The summed E-state index contributed by atoms with van der Waals surface area (Å²) in [5.74, 6) is 1.41. The summed E-state index contributed by atoms with van der Waals surface area (Å²) in [6.45, 7) is 3.03. The van der Waals surface area contributed by atoms with E-state index in [2.05, 4.69) is 24.0 Å². The first-order valence-corrected chi connectivity index (χ1v) is 8.59. The summed E-state index contributed by atoms with van der Waals surface area (Å²) in [4.78, 5) is 10.7. The highest BCUT2D eigenvalue weighted by atomic mass is 32.2. The lowest BCUT2D eigenvalue weighted by Crippen LogP contribution is -2.33. The van der Waals surface area contributed by atoms with Crippen LogP contribution in [0.1, 0.15) is 31.7 Å². The molecule has 1 fully saturated rings. The van der Waals surface area contributed by atoms with Crippen LogP contribution in [0.25, 0.3) is 0 Å². The van der Waals surface area contributed by atoms with Gasteiger partial charge in [0.2, 0.25) is 0 Å². The van der Waals surface area contributed by atoms with Crippen molar-refractivity contribution in [3.63, 3.8) is 0 Å². The molecule has 4 nitrogen and oxygen atoms in total. The van der Waals surface area contributed by atoms with E-state index < -0.39 is 5.91 Å². The van der Waals surface area contributed by atoms with Crippen molar-refractivity contribution in [1.82, 2.24) is 5.32 Å². The second-order valence-corrected chi connectivity index (χ2v) is 6.83. The number of nitrogens with two attached hydrogens (primary N) is 1. The van der Waals surface area contributed by atoms with Gasteiger partial charge >= 0.3 is 0 Å². The van der Waals surface area contributed by atoms with E-state index >= 15 is 0 Å². The van der Waals surface area contributed by atoms with Gasteiger partial charge in [0, 0.05) is 17.8 Å². The van der Waals surface area contributed by atoms with Crippen molar-refractivity contribution in [1.29, 1.82) is 0 Å². The first kappa shape index (κ1) is 16.2. The summed E-state index contributed by atoms with van der Waals surface area (Å²) in [6, 6.07) is 8.45. The van der Waals surface area contributed by atoms with Gasteiger partial charge in [0.25, 0.3) is 5.91 Å². The molecule has 1 aliphatic carbocycles. The SMILES string of the molecule is CCSC1CCCC1NCc1ccc(OCC(N)=O)cc1. The van der Waals surface area contributed by atoms with Gasteiger partial charge in [-0.2, -0.15) is 11.8 Å². The molecule has 0 aliphatic heterocycles. The molecule has 0 saturated heterocycles. The number of carbonyl (C=O) groups is 1. The molecule has 1 saturated carbocycles. The monoisotopic (exact) mass is 308 g/mol. The minimum atomic E-state index is -0.457. The van der Waals surface area contributed by atoms with E-state index in [-0.39, 0.29) is 6.61 Å². The molecule has 2 unspecified atom stereocenters. The largest absolute Gasteiger partial charge is 0.484 e. The zero-order chi connectivity index (χ0) is 15.1. The first-order valence-electron chi connectivity index (χ1n) is 7.54. The van der Waals surface area contributed by atoms with Crippen molar-refractivity contribution in [3.8, 4) is 5.75 Å². The Morgan fingerprint density at radius 3 is 2.81 bits per heavy atom. The predicted octanol–water partition coefficient (Wildman–Crippen LogP) is 2.31. The van der Waals surface area contributed by atoms with E-state index in [4.69, 9.17) is 10.5 Å². The molecule has 0 bridgehead atoms. The number of ether oxygens (including phenoxy) is 1. The van der Waals surface area contributed by atoms with Crippen LogP contribution in [0, 0.1) is 0 Å². The van der Waals surface area contributed by atoms with E-state index in [1.165, 1.54) is 30.6 Å². The number of primary amides is 1. The lowest BCUT2D eigenvalue weighted by molar-refractivity contribution is -0.119. The maximum Gasteiger partial charge on any atom is 0.255 e. The molecule has 116 valence electrons. The topological polar surface area (TPSA) is 64.3 Å². The fourth-order valence-corrected chi connectivity index (χ4v) is 3.91. The third-order valence-corrected chi connectivity index (χ3v) is 5.03. The Labute approximate surface area is 130 Å². The maximum atomic E-state index is 10.7. The molecule has 3 N–H and O–H groups in total. The van der Waals surface area contributed by atoms with Gasteiger partial charge in [-0.25, -0.2) is 0 Å². The zero-order valence-corrected chi connectivity index (χ0v) is 13.3. The Hall–Kier alpha value is -1.20. The number of benzene rings is 1. The van der Waals surface area contributed by atoms with Gasteiger partial charge in [-0.05, 0) is 36.3 Å². The number of thioether (sulfide) groups is 1. The van der Waals surface area contributed by atoms with E-state index in [1.807, 2.05) is 24.3 Å². The van der Waals surface area contributed by atoms with Gasteiger partial charge < -0.3 is 15.8 Å². The molecule has 1 aromatic rings. The molecule has 1 amide bonds. The summed E-state index contributed by atoms with van der Waals surface area (Å²) >= 11 is 2.07. The number of nitrogens with one attached hydrogen (secondary N) is 1. The Morgan fingerprint density at radius 1 is 1.38 bits per heavy atom. The first-order chi connectivity index (χ1) is 10.2. The van der Waals surface area contributed by atoms with Gasteiger partial charge in [0.15, 0.2) is 6.61 Å². The molecule has 2 atom stereocenters. The number of hydrogen-bond acceptors (Lipinski definition) is 4. The Bertz CT molecular complexity index is 450. The third-order valence-electron chi connectivity index (χ3n) is 3.71. The molecule has 21 heavy (non-hydrogen) atoms. The van der Waals surface area contributed by atoms with Gasteiger partial charge in [0.1, 0.15) is 5.75 Å². The molecular formula is C16H24N2O2S. The van der Waals surface area contributed by atoms with Crippen LogP contribution in [0.2, 0.25) is 0 Å². The third kappa shape index (κ3) is 5.25. The van der Waals surface area contributed by atoms with Gasteiger partial charge in [-0.15, -0.1) is 0 Å². The van der Waals surface area contributed by atoms with Crippen LogP contribution in [0.4, 0.5) is 0 Å². The fourth-order valence-electron chi connectivity index (χ4n) is 2.68.